The summed E-state index contributed by atoms with van der Waals surface area (Å²) in [5, 5.41) is 13.3. The van der Waals surface area contributed by atoms with Gasteiger partial charge in [0.25, 0.3) is 5.56 Å². The van der Waals surface area contributed by atoms with Gasteiger partial charge in [0.05, 0.1) is 26.1 Å². The van der Waals surface area contributed by atoms with E-state index in [1.807, 2.05) is 0 Å². The number of ether oxygens (including phenoxy) is 1. The van der Waals surface area contributed by atoms with E-state index in [0.29, 0.717) is 18.5 Å². The summed E-state index contributed by atoms with van der Waals surface area (Å²) >= 11 is 0. The van der Waals surface area contributed by atoms with Gasteiger partial charge in [-0.15, -0.1) is 0 Å². The molecule has 13 nitrogen and oxygen atoms in total. The van der Waals surface area contributed by atoms with Gasteiger partial charge in [0.15, 0.2) is 11.2 Å². The predicted molar refractivity (Wildman–Crippen MR) is 126 cm³/mol. The summed E-state index contributed by atoms with van der Waals surface area (Å²) in [4.78, 5) is 34.6. The summed E-state index contributed by atoms with van der Waals surface area (Å²) < 4.78 is 31.2. The van der Waals surface area contributed by atoms with Crippen LogP contribution in [0.15, 0.2) is 41.5 Å². The number of hydrogen-bond donors (Lipinski definition) is 4. The number of aromatic nitrogens is 4. The van der Waals surface area contributed by atoms with Crippen molar-refractivity contribution >= 4 is 30.8 Å². The number of carbonyl (C=O) groups is 1. The topological polar surface area (TPSA) is 184 Å². The summed E-state index contributed by atoms with van der Waals surface area (Å²) in [6.45, 7) is 1.35. The standard InChI is InChI=1S/C21H27N6O7P/c1-12(20(30)32-2)26-35(31,34-15-6-4-3-5-7-15)33-10-13-8-14(9-16(13)28)27-11-23-17-18(27)24-21(22)25-19(17)29/h3-7,11-14,16,28H,8-10H2,1-2H3,(H,26,31)(H3,22,24,25,29)/t12?,13-,14-,16+,35?/m1/s1. The van der Waals surface area contributed by atoms with Gasteiger partial charge < -0.3 is 24.7 Å². The Kier molecular flexibility index (Phi) is 7.22. The number of fused-ring (bicyclic) bond motifs is 1. The lowest BCUT2D eigenvalue weighted by atomic mass is 10.1. The molecule has 0 saturated heterocycles. The Morgan fingerprint density at radius 3 is 2.83 bits per heavy atom. The van der Waals surface area contributed by atoms with E-state index in [2.05, 4.69) is 24.8 Å². The number of hydrogen-bond acceptors (Lipinski definition) is 10. The maximum Gasteiger partial charge on any atom is 0.459 e. The number of aromatic amines is 1. The lowest BCUT2D eigenvalue weighted by molar-refractivity contribution is -0.142. The second kappa shape index (κ2) is 10.2. The van der Waals surface area contributed by atoms with Crippen molar-refractivity contribution in [3.8, 4) is 5.75 Å². The van der Waals surface area contributed by atoms with Crippen LogP contribution in [0.1, 0.15) is 25.8 Å². The molecule has 0 amide bonds. The number of imidazole rings is 1. The normalized spacial score (nSPS) is 22.5. The van der Waals surface area contributed by atoms with Gasteiger partial charge in [0.2, 0.25) is 5.95 Å². The molecule has 4 rings (SSSR count). The summed E-state index contributed by atoms with van der Waals surface area (Å²) in [5.74, 6) is -0.809. The molecule has 5 atom stereocenters. The van der Waals surface area contributed by atoms with E-state index in [1.165, 1.54) is 20.4 Å². The number of para-hydroxylation sites is 1. The first-order valence-corrected chi connectivity index (χ1v) is 12.5. The van der Waals surface area contributed by atoms with Crippen molar-refractivity contribution in [3.63, 3.8) is 0 Å². The fourth-order valence-corrected chi connectivity index (χ4v) is 5.61. The molecule has 2 aromatic heterocycles. The van der Waals surface area contributed by atoms with E-state index in [1.54, 1.807) is 34.9 Å². The molecule has 0 bridgehead atoms. The average molecular weight is 506 g/mol. The number of nitrogens with one attached hydrogen (secondary N) is 2. The van der Waals surface area contributed by atoms with Crippen molar-refractivity contribution < 1.29 is 28.3 Å². The number of nitrogen functional groups attached to an aromatic ring is 1. The number of esters is 1. The van der Waals surface area contributed by atoms with E-state index in [-0.39, 0.29) is 29.9 Å². The molecule has 0 aliphatic heterocycles. The Balaban J connectivity index is 1.49. The van der Waals surface area contributed by atoms with Crippen molar-refractivity contribution in [3.05, 3.63) is 47.0 Å². The smallest absolute Gasteiger partial charge is 0.459 e. The molecule has 0 spiro atoms. The van der Waals surface area contributed by atoms with Crippen LogP contribution >= 0.6 is 7.75 Å². The van der Waals surface area contributed by atoms with Crippen molar-refractivity contribution in [1.29, 1.82) is 0 Å². The molecule has 188 valence electrons. The number of methoxy groups -OCH3 is 1. The van der Waals surface area contributed by atoms with Gasteiger partial charge in [0.1, 0.15) is 11.8 Å². The average Bonchev–Trinajstić information content (AvgIpc) is 3.41. The van der Waals surface area contributed by atoms with E-state index >= 15 is 0 Å². The number of H-pyrrole nitrogens is 1. The van der Waals surface area contributed by atoms with Gasteiger partial charge in [-0.1, -0.05) is 18.2 Å². The highest BCUT2D eigenvalue weighted by Crippen LogP contribution is 2.47. The summed E-state index contributed by atoms with van der Waals surface area (Å²) in [5.41, 5.74) is 5.69. The largest absolute Gasteiger partial charge is 0.468 e. The first-order chi connectivity index (χ1) is 16.7. The van der Waals surface area contributed by atoms with Crippen LogP contribution in [0.2, 0.25) is 0 Å². The summed E-state index contributed by atoms with van der Waals surface area (Å²) in [6.07, 6.45) is 1.46. The molecule has 1 saturated carbocycles. The molecular weight excluding hydrogens is 479 g/mol. The molecule has 1 aliphatic rings. The van der Waals surface area contributed by atoms with E-state index in [4.69, 9.17) is 14.8 Å². The summed E-state index contributed by atoms with van der Waals surface area (Å²) in [7, 11) is -2.81. The SMILES string of the molecule is COC(=O)C(C)NP(=O)(OC[C@H]1C[C@@H](n2cnc3c(=O)[nH]c(N)nc32)C[C@@H]1O)Oc1ccccc1. The maximum atomic E-state index is 13.5. The molecule has 1 aromatic carbocycles. The number of nitrogens with zero attached hydrogens (tertiary/aromatic N) is 3. The Labute approximate surface area is 200 Å². The minimum absolute atomic E-state index is 0.0347. The highest BCUT2D eigenvalue weighted by molar-refractivity contribution is 7.52. The molecule has 35 heavy (non-hydrogen) atoms. The van der Waals surface area contributed by atoms with Gasteiger partial charge in [-0.25, -0.2) is 9.55 Å². The molecular formula is C21H27N6O7P. The Hall–Kier alpha value is -3.25. The molecule has 3 aromatic rings. The van der Waals surface area contributed by atoms with Crippen LogP contribution in [-0.4, -0.2) is 56.5 Å². The highest BCUT2D eigenvalue weighted by atomic mass is 31.2. The maximum absolute atomic E-state index is 13.5. The molecule has 1 fully saturated rings. The first kappa shape index (κ1) is 24.9. The number of nitrogens with two attached hydrogens (primary N) is 1. The van der Waals surface area contributed by atoms with Crippen LogP contribution < -0.4 is 20.9 Å². The van der Waals surface area contributed by atoms with Crippen molar-refractivity contribution in [1.82, 2.24) is 24.6 Å². The highest BCUT2D eigenvalue weighted by Gasteiger charge is 2.39. The second-order valence-corrected chi connectivity index (χ2v) is 9.99. The molecule has 1 aliphatic carbocycles. The van der Waals surface area contributed by atoms with Crippen LogP contribution in [-0.2, 0) is 18.6 Å². The zero-order valence-electron chi connectivity index (χ0n) is 19.2. The van der Waals surface area contributed by atoms with Crippen LogP contribution in [0.5, 0.6) is 5.75 Å². The van der Waals surface area contributed by atoms with E-state index in [0.717, 1.165) is 0 Å². The van der Waals surface area contributed by atoms with Gasteiger partial charge >= 0.3 is 13.7 Å². The van der Waals surface area contributed by atoms with Gasteiger partial charge in [-0.3, -0.25) is 19.1 Å². The molecule has 0 radical (unpaired) electrons. The van der Waals surface area contributed by atoms with Gasteiger partial charge in [-0.2, -0.15) is 10.1 Å². The number of benzene rings is 1. The number of anilines is 1. The number of aliphatic hydroxyl groups excluding tert-OH is 1. The predicted octanol–water partition coefficient (Wildman–Crippen LogP) is 1.37. The van der Waals surface area contributed by atoms with Crippen LogP contribution in [0.3, 0.4) is 0 Å². The Morgan fingerprint density at radius 2 is 2.11 bits per heavy atom. The first-order valence-electron chi connectivity index (χ1n) is 10.9. The monoisotopic (exact) mass is 506 g/mol. The zero-order chi connectivity index (χ0) is 25.2. The fourth-order valence-electron chi connectivity index (χ4n) is 4.06. The zero-order valence-corrected chi connectivity index (χ0v) is 20.1. The van der Waals surface area contributed by atoms with E-state index in [9.17, 15) is 19.3 Å². The van der Waals surface area contributed by atoms with E-state index < -0.39 is 37.3 Å². The molecule has 2 heterocycles. The van der Waals surface area contributed by atoms with Crippen LogP contribution in [0.4, 0.5) is 5.95 Å². The lowest BCUT2D eigenvalue weighted by Gasteiger charge is -2.24. The minimum atomic E-state index is -4.03. The third-order valence-electron chi connectivity index (χ3n) is 5.81. The number of aliphatic hydroxyl groups is 1. The number of carbonyl (C=O) groups excluding carboxylic acids is 1. The van der Waals surface area contributed by atoms with Gasteiger partial charge in [-0.05, 0) is 31.9 Å². The Morgan fingerprint density at radius 1 is 1.37 bits per heavy atom. The molecule has 2 unspecified atom stereocenters. The quantitative estimate of drug-likeness (QED) is 0.243. The molecule has 5 N–H and O–H groups in total. The summed E-state index contributed by atoms with van der Waals surface area (Å²) in [6, 6.07) is 7.17. The fraction of sp³-hybridized carbons (Fsp3) is 0.429. The van der Waals surface area contributed by atoms with Crippen LogP contribution in [0.25, 0.3) is 11.2 Å². The second-order valence-electron chi connectivity index (χ2n) is 8.30. The third kappa shape index (κ3) is 5.54. The number of rotatable bonds is 9. The third-order valence-corrected chi connectivity index (χ3v) is 7.45. The molecule has 14 heteroatoms. The van der Waals surface area contributed by atoms with Crippen molar-refractivity contribution in [2.45, 2.75) is 38.0 Å². The minimum Gasteiger partial charge on any atom is -0.468 e. The van der Waals surface area contributed by atoms with Crippen molar-refractivity contribution in [2.24, 2.45) is 5.92 Å². The Bertz CT molecular complexity index is 1300. The van der Waals surface area contributed by atoms with Crippen LogP contribution in [0, 0.1) is 5.92 Å². The van der Waals surface area contributed by atoms with Gasteiger partial charge in [0, 0.05) is 12.0 Å². The van der Waals surface area contributed by atoms with Crippen molar-refractivity contribution in [2.75, 3.05) is 19.5 Å². The lowest BCUT2D eigenvalue weighted by Crippen LogP contribution is -2.35.